The summed E-state index contributed by atoms with van der Waals surface area (Å²) in [6, 6.07) is 4.07. The van der Waals surface area contributed by atoms with Gasteiger partial charge in [0.25, 0.3) is 0 Å². The van der Waals surface area contributed by atoms with Gasteiger partial charge in [-0.2, -0.15) is 0 Å². The van der Waals surface area contributed by atoms with Gasteiger partial charge in [0.2, 0.25) is 5.91 Å². The normalized spacial score (nSPS) is 14.4. The first kappa shape index (κ1) is 19.4. The number of thiophene rings is 1. The largest absolute Gasteiger partial charge is 0.359 e. The first-order valence-electron chi connectivity index (χ1n) is 9.30. The first-order chi connectivity index (χ1) is 13.1. The lowest BCUT2D eigenvalue weighted by atomic mass is 10.1. The van der Waals surface area contributed by atoms with Gasteiger partial charge in [-0.3, -0.25) is 9.79 Å². The summed E-state index contributed by atoms with van der Waals surface area (Å²) in [6.45, 7) is 6.74. The third kappa shape index (κ3) is 5.09. The van der Waals surface area contributed by atoms with Crippen molar-refractivity contribution in [2.24, 2.45) is 4.99 Å². The van der Waals surface area contributed by atoms with Crippen LogP contribution >= 0.6 is 11.3 Å². The number of amides is 1. The molecule has 0 atom stereocenters. The van der Waals surface area contributed by atoms with Gasteiger partial charge in [-0.25, -0.2) is 0 Å². The second-order valence-corrected chi connectivity index (χ2v) is 7.91. The molecule has 3 heterocycles. The Morgan fingerprint density at radius 2 is 2.30 bits per heavy atom. The summed E-state index contributed by atoms with van der Waals surface area (Å²) in [5.74, 6) is 1.92. The van der Waals surface area contributed by atoms with E-state index >= 15 is 0 Å². The molecule has 2 aromatic heterocycles. The highest BCUT2D eigenvalue weighted by molar-refractivity contribution is 7.10. The summed E-state index contributed by atoms with van der Waals surface area (Å²) in [7, 11) is 1.71. The monoisotopic (exact) mass is 389 g/mol. The molecule has 0 radical (unpaired) electrons. The summed E-state index contributed by atoms with van der Waals surface area (Å²) in [5, 5.41) is 12.5. The number of hydrogen-bond acceptors (Lipinski definition) is 5. The Labute approximate surface area is 163 Å². The number of aliphatic imine (C=N–C) groups is 1. The number of nitrogens with one attached hydrogen (secondary N) is 2. The second-order valence-electron chi connectivity index (χ2n) is 6.91. The number of carbonyl (C=O) groups is 1. The van der Waals surface area contributed by atoms with Crippen molar-refractivity contribution >= 4 is 23.2 Å². The van der Waals surface area contributed by atoms with Crippen molar-refractivity contribution in [3.05, 3.63) is 39.4 Å². The predicted octanol–water partition coefficient (Wildman–Crippen LogP) is 2.50. The number of rotatable bonds is 6. The van der Waals surface area contributed by atoms with Gasteiger partial charge in [0.1, 0.15) is 0 Å². The van der Waals surface area contributed by atoms with Crippen LogP contribution in [0.25, 0.3) is 0 Å². The highest BCUT2D eigenvalue weighted by atomic mass is 32.1. The molecule has 0 spiro atoms. The molecule has 1 aliphatic rings. The van der Waals surface area contributed by atoms with E-state index in [2.05, 4.69) is 46.1 Å². The Morgan fingerprint density at radius 1 is 1.44 bits per heavy atom. The van der Waals surface area contributed by atoms with Crippen molar-refractivity contribution in [2.75, 3.05) is 20.1 Å². The molecular formula is C19H27N5O2S. The van der Waals surface area contributed by atoms with Crippen LogP contribution < -0.4 is 10.6 Å². The van der Waals surface area contributed by atoms with Crippen LogP contribution in [-0.2, 0) is 24.3 Å². The van der Waals surface area contributed by atoms with Crippen molar-refractivity contribution in [3.8, 4) is 0 Å². The van der Waals surface area contributed by atoms with Crippen molar-refractivity contribution in [3.63, 3.8) is 0 Å². The summed E-state index contributed by atoms with van der Waals surface area (Å²) in [5.41, 5.74) is 2.23. The molecular weight excluding hydrogens is 362 g/mol. The molecule has 0 fully saturated rings. The molecule has 8 heteroatoms. The molecule has 2 N–H and O–H groups in total. The lowest BCUT2D eigenvalue weighted by molar-refractivity contribution is -0.131. The molecule has 0 saturated carbocycles. The molecule has 0 aliphatic carbocycles. The second kappa shape index (κ2) is 9.03. The minimum Gasteiger partial charge on any atom is -0.359 e. The maximum Gasteiger partial charge on any atom is 0.224 e. The van der Waals surface area contributed by atoms with E-state index in [-0.39, 0.29) is 5.91 Å². The van der Waals surface area contributed by atoms with E-state index < -0.39 is 0 Å². The van der Waals surface area contributed by atoms with Crippen molar-refractivity contribution in [1.82, 2.24) is 20.7 Å². The molecule has 0 saturated heterocycles. The number of guanidine groups is 1. The number of hydrogen-bond donors (Lipinski definition) is 2. The molecule has 1 amide bonds. The Kier molecular flexibility index (Phi) is 6.49. The lowest BCUT2D eigenvalue weighted by Gasteiger charge is -2.27. The van der Waals surface area contributed by atoms with E-state index in [0.29, 0.717) is 31.4 Å². The third-order valence-corrected chi connectivity index (χ3v) is 5.64. The number of fused-ring (bicyclic) bond motifs is 1. The van der Waals surface area contributed by atoms with E-state index in [1.165, 1.54) is 10.4 Å². The van der Waals surface area contributed by atoms with Gasteiger partial charge in [0.05, 0.1) is 12.2 Å². The zero-order chi connectivity index (χ0) is 19.2. The van der Waals surface area contributed by atoms with Crippen LogP contribution in [0.2, 0.25) is 0 Å². The quantitative estimate of drug-likeness (QED) is 0.586. The molecule has 0 aromatic carbocycles. The highest BCUT2D eigenvalue weighted by Gasteiger charge is 2.21. The first-order valence-corrected chi connectivity index (χ1v) is 10.2. The van der Waals surface area contributed by atoms with Crippen LogP contribution in [0.1, 0.15) is 48.1 Å². The predicted molar refractivity (Wildman–Crippen MR) is 107 cm³/mol. The van der Waals surface area contributed by atoms with Gasteiger partial charge in [0.15, 0.2) is 11.7 Å². The van der Waals surface area contributed by atoms with Crippen molar-refractivity contribution in [2.45, 2.75) is 45.7 Å². The van der Waals surface area contributed by atoms with E-state index in [0.717, 1.165) is 31.0 Å². The number of carbonyl (C=O) groups excluding carboxylic acids is 1. The van der Waals surface area contributed by atoms with Gasteiger partial charge in [-0.15, -0.1) is 11.3 Å². The zero-order valence-corrected chi connectivity index (χ0v) is 16.9. The fourth-order valence-electron chi connectivity index (χ4n) is 2.98. The zero-order valence-electron chi connectivity index (χ0n) is 16.1. The third-order valence-electron chi connectivity index (χ3n) is 4.61. The van der Waals surface area contributed by atoms with Gasteiger partial charge in [0, 0.05) is 44.0 Å². The Bertz CT molecular complexity index is 796. The average molecular weight is 390 g/mol. The van der Waals surface area contributed by atoms with E-state index in [9.17, 15) is 4.79 Å². The summed E-state index contributed by atoms with van der Waals surface area (Å²) in [4.78, 5) is 20.0. The standard InChI is InChI=1S/C19H27N5O2S/c1-13(2)16-10-15(26-23-16)11-22-19(20-3)21-7-4-18(25)24-8-5-17-14(12-24)6-9-27-17/h6,9-10,13H,4-5,7-8,11-12H2,1-3H3,(H2,20,21,22). The smallest absolute Gasteiger partial charge is 0.224 e. The Balaban J connectivity index is 1.40. The number of nitrogens with zero attached hydrogens (tertiary/aromatic N) is 3. The minimum absolute atomic E-state index is 0.173. The average Bonchev–Trinajstić information content (AvgIpc) is 3.32. The van der Waals surface area contributed by atoms with Gasteiger partial charge < -0.3 is 20.1 Å². The molecule has 1 aliphatic heterocycles. The Hall–Kier alpha value is -2.35. The maximum atomic E-state index is 12.5. The van der Waals surface area contributed by atoms with Gasteiger partial charge in [-0.05, 0) is 29.3 Å². The van der Waals surface area contributed by atoms with Crippen LogP contribution in [0.4, 0.5) is 0 Å². The molecule has 146 valence electrons. The summed E-state index contributed by atoms with van der Waals surface area (Å²) >= 11 is 1.78. The highest BCUT2D eigenvalue weighted by Crippen LogP contribution is 2.24. The molecule has 3 rings (SSSR count). The SMILES string of the molecule is CN=C(NCCC(=O)N1CCc2sccc2C1)NCc1cc(C(C)C)no1. The van der Waals surface area contributed by atoms with Crippen molar-refractivity contribution < 1.29 is 9.32 Å². The molecule has 7 nitrogen and oxygen atoms in total. The molecule has 2 aromatic rings. The van der Waals surface area contributed by atoms with Crippen LogP contribution in [0.15, 0.2) is 27.0 Å². The topological polar surface area (TPSA) is 82.8 Å². The fraction of sp³-hybridized carbons (Fsp3) is 0.526. The van der Waals surface area contributed by atoms with Gasteiger partial charge in [-0.1, -0.05) is 19.0 Å². The molecule has 27 heavy (non-hydrogen) atoms. The minimum atomic E-state index is 0.173. The maximum absolute atomic E-state index is 12.5. The summed E-state index contributed by atoms with van der Waals surface area (Å²) in [6.07, 6.45) is 1.41. The van der Waals surface area contributed by atoms with E-state index in [4.69, 9.17) is 4.52 Å². The van der Waals surface area contributed by atoms with Gasteiger partial charge >= 0.3 is 0 Å². The van der Waals surface area contributed by atoms with Crippen LogP contribution in [0, 0.1) is 0 Å². The lowest BCUT2D eigenvalue weighted by Crippen LogP contribution is -2.40. The van der Waals surface area contributed by atoms with Crippen LogP contribution in [0.5, 0.6) is 0 Å². The fourth-order valence-corrected chi connectivity index (χ4v) is 3.87. The van der Waals surface area contributed by atoms with Crippen molar-refractivity contribution in [1.29, 1.82) is 0 Å². The van der Waals surface area contributed by atoms with E-state index in [1.807, 2.05) is 11.0 Å². The number of aromatic nitrogens is 1. The summed E-state index contributed by atoms with van der Waals surface area (Å²) < 4.78 is 5.31. The van der Waals surface area contributed by atoms with Crippen LogP contribution in [-0.4, -0.2) is 42.1 Å². The molecule has 0 bridgehead atoms. The molecule has 0 unspecified atom stereocenters. The van der Waals surface area contributed by atoms with E-state index in [1.54, 1.807) is 18.4 Å². The van der Waals surface area contributed by atoms with Crippen LogP contribution in [0.3, 0.4) is 0 Å². The Morgan fingerprint density at radius 3 is 3.04 bits per heavy atom.